The summed E-state index contributed by atoms with van der Waals surface area (Å²) in [5.74, 6) is 1.01. The van der Waals surface area contributed by atoms with E-state index in [0.717, 1.165) is 36.0 Å². The maximum Gasteiger partial charge on any atom is 0.123 e. The molecule has 1 aliphatic rings. The number of nitrogens with zero attached hydrogens (tertiary/aromatic N) is 1. The van der Waals surface area contributed by atoms with Crippen molar-refractivity contribution in [1.29, 1.82) is 0 Å². The Kier molecular flexibility index (Phi) is 4.44. The average molecular weight is 287 g/mol. The van der Waals surface area contributed by atoms with Crippen molar-refractivity contribution in [2.24, 2.45) is 0 Å². The Hall–Kier alpha value is -1.55. The van der Waals surface area contributed by atoms with Gasteiger partial charge in [0, 0.05) is 17.0 Å². The predicted molar refractivity (Wildman–Crippen MR) is 85.8 cm³/mol. The number of hydrogen-bond acceptors (Lipinski definition) is 3. The van der Waals surface area contributed by atoms with E-state index in [1.165, 1.54) is 24.8 Å². The molecule has 21 heavy (non-hydrogen) atoms. The van der Waals surface area contributed by atoms with Crippen LogP contribution < -0.4 is 10.1 Å². The third kappa shape index (κ3) is 3.21. The fourth-order valence-corrected chi connectivity index (χ4v) is 3.18. The van der Waals surface area contributed by atoms with Gasteiger partial charge in [-0.15, -0.1) is 0 Å². The van der Waals surface area contributed by atoms with Gasteiger partial charge < -0.3 is 10.1 Å². The fourth-order valence-electron chi connectivity index (χ4n) is 3.18. The Morgan fingerprint density at radius 2 is 2.10 bits per heavy atom. The van der Waals surface area contributed by atoms with E-state index in [2.05, 4.69) is 41.5 Å². The second kappa shape index (κ2) is 6.48. The summed E-state index contributed by atoms with van der Waals surface area (Å²) in [4.78, 5) is 0. The molecule has 0 radical (unpaired) electrons. The first-order valence-corrected chi connectivity index (χ1v) is 8.10. The van der Waals surface area contributed by atoms with Gasteiger partial charge in [-0.3, -0.25) is 5.10 Å². The first-order chi connectivity index (χ1) is 10.3. The van der Waals surface area contributed by atoms with Gasteiger partial charge in [0.25, 0.3) is 0 Å². The second-order valence-corrected chi connectivity index (χ2v) is 6.07. The predicted octanol–water partition coefficient (Wildman–Crippen LogP) is 3.56. The van der Waals surface area contributed by atoms with Crippen LogP contribution in [0.25, 0.3) is 10.9 Å². The molecular formula is C17H25N3O. The van der Waals surface area contributed by atoms with E-state index in [1.54, 1.807) is 0 Å². The van der Waals surface area contributed by atoms with Crippen LogP contribution in [0.1, 0.15) is 44.6 Å². The van der Waals surface area contributed by atoms with Crippen LogP contribution in [-0.2, 0) is 0 Å². The van der Waals surface area contributed by atoms with Gasteiger partial charge in [-0.1, -0.05) is 6.92 Å². The second-order valence-electron chi connectivity index (χ2n) is 6.07. The normalized spacial score (nSPS) is 22.6. The molecule has 0 bridgehead atoms. The minimum Gasteiger partial charge on any atom is -0.490 e. The molecule has 114 valence electrons. The Labute approximate surface area is 126 Å². The highest BCUT2D eigenvalue weighted by Crippen LogP contribution is 2.29. The highest BCUT2D eigenvalue weighted by Gasteiger charge is 2.22. The van der Waals surface area contributed by atoms with Gasteiger partial charge in [0.05, 0.1) is 17.8 Å². The molecule has 3 rings (SSSR count). The van der Waals surface area contributed by atoms with Gasteiger partial charge in [0.15, 0.2) is 0 Å². The van der Waals surface area contributed by atoms with Crippen LogP contribution in [0, 0.1) is 6.92 Å². The summed E-state index contributed by atoms with van der Waals surface area (Å²) in [7, 11) is 0. The molecule has 0 unspecified atom stereocenters. The van der Waals surface area contributed by atoms with Gasteiger partial charge in [-0.05, 0) is 57.7 Å². The van der Waals surface area contributed by atoms with Gasteiger partial charge in [0.1, 0.15) is 5.75 Å². The van der Waals surface area contributed by atoms with Crippen LogP contribution in [0.5, 0.6) is 5.75 Å². The maximum absolute atomic E-state index is 6.25. The molecular weight excluding hydrogens is 262 g/mol. The Balaban J connectivity index is 1.60. The number of fused-ring (bicyclic) bond motifs is 1. The smallest absolute Gasteiger partial charge is 0.123 e. The quantitative estimate of drug-likeness (QED) is 0.884. The van der Waals surface area contributed by atoms with Gasteiger partial charge in [0.2, 0.25) is 0 Å². The molecule has 1 aromatic carbocycles. The molecule has 0 amide bonds. The van der Waals surface area contributed by atoms with Crippen molar-refractivity contribution < 1.29 is 4.74 Å². The lowest BCUT2D eigenvalue weighted by Crippen LogP contribution is -2.36. The molecule has 4 heteroatoms. The zero-order valence-corrected chi connectivity index (χ0v) is 13.0. The first-order valence-electron chi connectivity index (χ1n) is 8.10. The summed E-state index contributed by atoms with van der Waals surface area (Å²) in [6.45, 7) is 5.46. The maximum atomic E-state index is 6.25. The zero-order chi connectivity index (χ0) is 14.7. The van der Waals surface area contributed by atoms with Gasteiger partial charge in [-0.25, -0.2) is 0 Å². The molecule has 1 aromatic heterocycles. The molecule has 1 heterocycles. The van der Waals surface area contributed by atoms with Crippen LogP contribution in [-0.4, -0.2) is 28.9 Å². The van der Waals surface area contributed by atoms with Crippen molar-refractivity contribution in [2.75, 3.05) is 6.54 Å². The molecule has 0 aliphatic heterocycles. The zero-order valence-electron chi connectivity index (χ0n) is 13.0. The number of aromatic nitrogens is 2. The highest BCUT2D eigenvalue weighted by atomic mass is 16.5. The third-order valence-corrected chi connectivity index (χ3v) is 4.49. The molecule has 0 saturated heterocycles. The van der Waals surface area contributed by atoms with E-state index in [0.29, 0.717) is 12.1 Å². The van der Waals surface area contributed by atoms with Crippen molar-refractivity contribution in [3.63, 3.8) is 0 Å². The lowest BCUT2D eigenvalue weighted by Gasteiger charge is -2.30. The number of H-pyrrole nitrogens is 1. The Morgan fingerprint density at radius 1 is 1.29 bits per heavy atom. The first kappa shape index (κ1) is 14.4. The highest BCUT2D eigenvalue weighted by molar-refractivity contribution is 5.83. The lowest BCUT2D eigenvalue weighted by molar-refractivity contribution is 0.139. The number of hydrogen-bond donors (Lipinski definition) is 2. The molecule has 1 aliphatic carbocycles. The number of aryl methyl sites for hydroxylation is 1. The standard InChI is InChI=1S/C17H25N3O/c1-3-10-18-13-4-6-14(7-5-13)21-17-9-8-16-15(12(17)2)11-19-20-16/h8-9,11,13-14,18H,3-7,10H2,1-2H3,(H,19,20)/t13-,14-. The Morgan fingerprint density at radius 3 is 2.86 bits per heavy atom. The molecule has 1 fully saturated rings. The van der Waals surface area contributed by atoms with E-state index in [9.17, 15) is 0 Å². The van der Waals surface area contributed by atoms with E-state index in [-0.39, 0.29) is 0 Å². The van der Waals surface area contributed by atoms with Crippen LogP contribution in [0.2, 0.25) is 0 Å². The number of rotatable bonds is 5. The summed E-state index contributed by atoms with van der Waals surface area (Å²) < 4.78 is 6.25. The Bertz CT molecular complexity index is 585. The van der Waals surface area contributed by atoms with Crippen LogP contribution in [0.4, 0.5) is 0 Å². The molecule has 0 spiro atoms. The summed E-state index contributed by atoms with van der Waals surface area (Å²) in [5.41, 5.74) is 2.26. The molecule has 2 N–H and O–H groups in total. The lowest BCUT2D eigenvalue weighted by atomic mass is 9.93. The van der Waals surface area contributed by atoms with Crippen LogP contribution in [0.15, 0.2) is 18.3 Å². The number of benzene rings is 1. The monoisotopic (exact) mass is 287 g/mol. The third-order valence-electron chi connectivity index (χ3n) is 4.49. The minimum atomic E-state index is 0.354. The van der Waals surface area contributed by atoms with Gasteiger partial charge >= 0.3 is 0 Å². The van der Waals surface area contributed by atoms with Crippen molar-refractivity contribution in [3.05, 3.63) is 23.9 Å². The summed E-state index contributed by atoms with van der Waals surface area (Å²) in [5, 5.41) is 11.9. The summed E-state index contributed by atoms with van der Waals surface area (Å²) in [6, 6.07) is 4.80. The van der Waals surface area contributed by atoms with E-state index < -0.39 is 0 Å². The topological polar surface area (TPSA) is 49.9 Å². The van der Waals surface area contributed by atoms with Crippen molar-refractivity contribution in [3.8, 4) is 5.75 Å². The average Bonchev–Trinajstić information content (AvgIpc) is 2.99. The van der Waals surface area contributed by atoms with E-state index >= 15 is 0 Å². The van der Waals surface area contributed by atoms with Crippen LogP contribution in [0.3, 0.4) is 0 Å². The molecule has 1 saturated carbocycles. The van der Waals surface area contributed by atoms with Gasteiger partial charge in [-0.2, -0.15) is 5.10 Å². The minimum absolute atomic E-state index is 0.354. The number of aromatic amines is 1. The SMILES string of the molecule is CCCN[C@H]1CC[C@H](Oc2ccc3[nH]ncc3c2C)CC1. The molecule has 0 atom stereocenters. The largest absolute Gasteiger partial charge is 0.490 e. The van der Waals surface area contributed by atoms with E-state index in [4.69, 9.17) is 4.74 Å². The molecule has 4 nitrogen and oxygen atoms in total. The summed E-state index contributed by atoms with van der Waals surface area (Å²) >= 11 is 0. The number of nitrogens with one attached hydrogen (secondary N) is 2. The van der Waals surface area contributed by atoms with Crippen LogP contribution >= 0.6 is 0 Å². The van der Waals surface area contributed by atoms with E-state index in [1.807, 2.05) is 6.20 Å². The fraction of sp³-hybridized carbons (Fsp3) is 0.588. The van der Waals surface area contributed by atoms with Crippen molar-refractivity contribution in [1.82, 2.24) is 15.5 Å². The van der Waals surface area contributed by atoms with Crippen molar-refractivity contribution >= 4 is 10.9 Å². The summed E-state index contributed by atoms with van der Waals surface area (Å²) in [6.07, 6.45) is 8.17. The molecule has 2 aromatic rings. The number of ether oxygens (including phenoxy) is 1. The van der Waals surface area contributed by atoms with Crippen molar-refractivity contribution in [2.45, 2.75) is 58.1 Å².